The van der Waals surface area contributed by atoms with Crippen molar-refractivity contribution in [2.24, 2.45) is 5.92 Å². The van der Waals surface area contributed by atoms with E-state index in [0.29, 0.717) is 22.7 Å². The van der Waals surface area contributed by atoms with E-state index < -0.39 is 0 Å². The Bertz CT molecular complexity index is 1460. The predicted molar refractivity (Wildman–Crippen MR) is 145 cm³/mol. The van der Waals surface area contributed by atoms with Gasteiger partial charge in [-0.1, -0.05) is 77.6 Å². The van der Waals surface area contributed by atoms with Crippen LogP contribution in [0.25, 0.3) is 12.7 Å². The van der Waals surface area contributed by atoms with Crippen LogP contribution in [-0.4, -0.2) is 17.6 Å². The van der Waals surface area contributed by atoms with Crippen molar-refractivity contribution in [1.29, 1.82) is 0 Å². The van der Waals surface area contributed by atoms with Gasteiger partial charge in [-0.3, -0.25) is 14.2 Å². The quantitative estimate of drug-likeness (QED) is 0.592. The number of nitrogens with one attached hydrogen (secondary N) is 1. The van der Waals surface area contributed by atoms with Gasteiger partial charge in [0.1, 0.15) is 12.3 Å². The Hall–Kier alpha value is -3.64. The zero-order valence-electron chi connectivity index (χ0n) is 20.4. The topological polar surface area (TPSA) is 60.3 Å². The van der Waals surface area contributed by atoms with E-state index in [1.807, 2.05) is 37.3 Å². The standard InChI is InChI=1S/C29H30N2O3S/c1-18-6-11-25(12-7-18)30-28(32)17-31-20(3)27(35-29(31)33)16-22-8-9-24(15-22)26-13-10-23(14-19(26)2)21(4)34-5/h6-12,14,16,26H,3-4,13,15,17H2,1-2,5H3,(H,30,32)/b27-16-. The summed E-state index contributed by atoms with van der Waals surface area (Å²) in [7, 11) is 1.64. The molecule has 180 valence electrons. The molecule has 1 N–H and O–H groups in total. The van der Waals surface area contributed by atoms with Crippen LogP contribution in [0, 0.1) is 12.8 Å². The van der Waals surface area contributed by atoms with Gasteiger partial charge in [0, 0.05) is 17.2 Å². The molecule has 2 aliphatic carbocycles. The van der Waals surface area contributed by atoms with E-state index in [9.17, 15) is 9.59 Å². The van der Waals surface area contributed by atoms with Gasteiger partial charge in [0.2, 0.25) is 5.91 Å². The maximum atomic E-state index is 12.6. The highest BCUT2D eigenvalue weighted by Crippen LogP contribution is 2.37. The lowest BCUT2D eigenvalue weighted by Gasteiger charge is -2.23. The van der Waals surface area contributed by atoms with Gasteiger partial charge in [-0.25, -0.2) is 0 Å². The normalized spacial score (nSPS) is 17.9. The Balaban J connectivity index is 1.43. The average molecular weight is 487 g/mol. The molecule has 2 aliphatic rings. The van der Waals surface area contributed by atoms with Crippen LogP contribution < -0.4 is 20.1 Å². The molecule has 0 saturated carbocycles. The molecule has 6 heteroatoms. The number of nitrogens with zero attached hydrogens (tertiary/aromatic N) is 1. The first-order valence-corrected chi connectivity index (χ1v) is 12.3. The largest absolute Gasteiger partial charge is 0.497 e. The van der Waals surface area contributed by atoms with E-state index in [1.165, 1.54) is 15.7 Å². The maximum Gasteiger partial charge on any atom is 0.308 e. The molecule has 2 aromatic rings. The molecule has 1 unspecified atom stereocenters. The molecule has 5 nitrogen and oxygen atoms in total. The molecule has 0 bridgehead atoms. The van der Waals surface area contributed by atoms with Crippen molar-refractivity contribution in [3.8, 4) is 0 Å². The number of carbonyl (C=O) groups excluding carboxylic acids is 1. The van der Waals surface area contributed by atoms with Gasteiger partial charge < -0.3 is 10.1 Å². The number of carbonyl (C=O) groups is 1. The summed E-state index contributed by atoms with van der Waals surface area (Å²) in [6.45, 7) is 12.1. The number of allylic oxidation sites excluding steroid dienone is 7. The minimum atomic E-state index is -0.252. The Labute approximate surface area is 209 Å². The Morgan fingerprint density at radius 1 is 1.26 bits per heavy atom. The number of aromatic nitrogens is 1. The first-order chi connectivity index (χ1) is 16.7. The fourth-order valence-electron chi connectivity index (χ4n) is 4.37. The summed E-state index contributed by atoms with van der Waals surface area (Å²) < 4.78 is 7.49. The van der Waals surface area contributed by atoms with Crippen LogP contribution in [0.3, 0.4) is 0 Å². The lowest BCUT2D eigenvalue weighted by atomic mass is 9.82. The van der Waals surface area contributed by atoms with Crippen molar-refractivity contribution in [2.75, 3.05) is 12.4 Å². The molecule has 35 heavy (non-hydrogen) atoms. The van der Waals surface area contributed by atoms with E-state index >= 15 is 0 Å². The summed E-state index contributed by atoms with van der Waals surface area (Å²) in [4.78, 5) is 24.9. The Morgan fingerprint density at radius 2 is 2.00 bits per heavy atom. The summed E-state index contributed by atoms with van der Waals surface area (Å²) in [5.41, 5.74) is 6.62. The number of anilines is 1. The SMILES string of the molecule is C=C(OC)C1=CCC(C2=CC=C(/C=c3\sc(=O)n(CC(=O)Nc4ccc(C)cc4)c3=C)C2)C(C)=C1. The Morgan fingerprint density at radius 3 is 2.69 bits per heavy atom. The molecular formula is C29H30N2O3S. The van der Waals surface area contributed by atoms with Gasteiger partial charge >= 0.3 is 4.87 Å². The van der Waals surface area contributed by atoms with E-state index in [-0.39, 0.29) is 17.3 Å². The van der Waals surface area contributed by atoms with Gasteiger partial charge in [0.15, 0.2) is 0 Å². The number of hydrogen-bond acceptors (Lipinski definition) is 4. The number of rotatable bonds is 7. The number of methoxy groups -OCH3 is 1. The number of amides is 1. The molecule has 1 atom stereocenters. The van der Waals surface area contributed by atoms with Crippen LogP contribution in [0.4, 0.5) is 5.69 Å². The Kier molecular flexibility index (Phi) is 7.22. The summed E-state index contributed by atoms with van der Waals surface area (Å²) in [6.07, 6.45) is 12.3. The van der Waals surface area contributed by atoms with Crippen LogP contribution in [-0.2, 0) is 16.1 Å². The second-order valence-electron chi connectivity index (χ2n) is 8.95. The van der Waals surface area contributed by atoms with Crippen molar-refractivity contribution >= 4 is 35.6 Å². The number of ether oxygens (including phenoxy) is 1. The smallest absolute Gasteiger partial charge is 0.308 e. The lowest BCUT2D eigenvalue weighted by molar-refractivity contribution is -0.116. The van der Waals surface area contributed by atoms with E-state index in [0.717, 1.165) is 45.4 Å². The third kappa shape index (κ3) is 5.54. The maximum absolute atomic E-state index is 12.6. The fraction of sp³-hybridized carbons (Fsp3) is 0.241. The van der Waals surface area contributed by atoms with Crippen LogP contribution >= 0.6 is 11.3 Å². The second-order valence-corrected chi connectivity index (χ2v) is 9.94. The van der Waals surface area contributed by atoms with E-state index in [2.05, 4.69) is 49.7 Å². The fourth-order valence-corrected chi connectivity index (χ4v) is 5.28. The van der Waals surface area contributed by atoms with Crippen LogP contribution in [0.15, 0.2) is 88.0 Å². The number of benzene rings is 1. The molecule has 0 spiro atoms. The molecule has 1 amide bonds. The van der Waals surface area contributed by atoms with Gasteiger partial charge in [-0.2, -0.15) is 0 Å². The molecule has 0 saturated heterocycles. The van der Waals surface area contributed by atoms with Crippen molar-refractivity contribution in [2.45, 2.75) is 33.2 Å². The first-order valence-electron chi connectivity index (χ1n) is 11.5. The van der Waals surface area contributed by atoms with E-state index in [4.69, 9.17) is 4.74 Å². The molecule has 0 aliphatic heterocycles. The van der Waals surface area contributed by atoms with Crippen LogP contribution in [0.2, 0.25) is 0 Å². The van der Waals surface area contributed by atoms with E-state index in [1.54, 1.807) is 7.11 Å². The predicted octanol–water partition coefficient (Wildman–Crippen LogP) is 4.36. The summed E-state index contributed by atoms with van der Waals surface area (Å²) in [5, 5.41) is 3.40. The third-order valence-corrected chi connectivity index (χ3v) is 7.39. The van der Waals surface area contributed by atoms with Crippen molar-refractivity contribution in [3.63, 3.8) is 0 Å². The molecule has 1 aromatic heterocycles. The van der Waals surface area contributed by atoms with Gasteiger partial charge in [0.25, 0.3) is 0 Å². The lowest BCUT2D eigenvalue weighted by Crippen LogP contribution is -2.35. The minimum Gasteiger partial charge on any atom is -0.497 e. The van der Waals surface area contributed by atoms with Crippen molar-refractivity contribution in [1.82, 2.24) is 4.57 Å². The number of hydrogen-bond donors (Lipinski definition) is 1. The molecule has 1 heterocycles. The third-order valence-electron chi connectivity index (χ3n) is 6.42. The average Bonchev–Trinajstić information content (AvgIpc) is 3.40. The molecule has 0 fully saturated rings. The zero-order valence-corrected chi connectivity index (χ0v) is 21.2. The molecular weight excluding hydrogens is 456 g/mol. The van der Waals surface area contributed by atoms with Gasteiger partial charge in [0.05, 0.1) is 17.0 Å². The number of aryl methyl sites for hydroxylation is 1. The second kappa shape index (κ2) is 10.3. The van der Waals surface area contributed by atoms with Gasteiger partial charge in [-0.15, -0.1) is 0 Å². The van der Waals surface area contributed by atoms with Gasteiger partial charge in [-0.05, 0) is 50.5 Å². The zero-order chi connectivity index (χ0) is 25.1. The van der Waals surface area contributed by atoms with Crippen LogP contribution in [0.1, 0.15) is 25.3 Å². The minimum absolute atomic E-state index is 0.0636. The highest BCUT2D eigenvalue weighted by atomic mass is 32.1. The van der Waals surface area contributed by atoms with Crippen molar-refractivity contribution < 1.29 is 9.53 Å². The molecule has 1 aromatic carbocycles. The number of thiazole rings is 1. The summed E-state index contributed by atoms with van der Waals surface area (Å²) >= 11 is 1.12. The monoisotopic (exact) mass is 486 g/mol. The highest BCUT2D eigenvalue weighted by molar-refractivity contribution is 7.07. The molecule has 0 radical (unpaired) electrons. The highest BCUT2D eigenvalue weighted by Gasteiger charge is 2.22. The summed E-state index contributed by atoms with van der Waals surface area (Å²) in [6, 6.07) is 7.55. The molecule has 4 rings (SSSR count). The first kappa shape index (κ1) is 24.5. The van der Waals surface area contributed by atoms with Crippen LogP contribution in [0.5, 0.6) is 0 Å². The summed E-state index contributed by atoms with van der Waals surface area (Å²) in [5.74, 6) is 0.779. The van der Waals surface area contributed by atoms with Crippen molar-refractivity contribution in [3.05, 3.63) is 108 Å².